The number of hydrogen-bond acceptors (Lipinski definition) is 3. The van der Waals surface area contributed by atoms with Gasteiger partial charge < -0.3 is 0 Å². The average Bonchev–Trinajstić information content (AvgIpc) is 1.41. The molecule has 0 radical (unpaired) electrons. The molecule has 0 aliphatic heterocycles. The summed E-state index contributed by atoms with van der Waals surface area (Å²) in [5.74, 6) is 0. The predicted molar refractivity (Wildman–Crippen MR) is 2.46 cm³/mol. The van der Waals surface area contributed by atoms with E-state index in [2.05, 4.69) is 0.972 Å². The Morgan fingerprint density at radius 1 is 1.20 bits per heavy atom. The zero-order valence-electron chi connectivity index (χ0n) is 2.38. The molecule has 0 rings (SSSR count). The number of hydrogen-bond donors (Lipinski definition) is 0. The summed E-state index contributed by atoms with van der Waals surface area (Å²) in [7, 11) is 0. The molecule has 0 aliphatic carbocycles. The first kappa shape index (κ1) is 6.30. The van der Waals surface area contributed by atoms with Crippen LogP contribution >= 0.6 is 0 Å². The Bertz CT molecular complexity index is 34.2. The van der Waals surface area contributed by atoms with E-state index in [4.69, 9.17) is 0 Å². The zero-order valence-corrected chi connectivity index (χ0v) is 5.99. The Morgan fingerprint density at radius 3 is 1.60 bits per heavy atom. The van der Waals surface area contributed by atoms with E-state index in [0.717, 1.165) is 0 Å². The molecule has 0 aliphatic rings. The van der Waals surface area contributed by atoms with Crippen LogP contribution in [0.2, 0.25) is 0 Å². The van der Waals surface area contributed by atoms with Gasteiger partial charge in [0.25, 0.3) is 0 Å². The normalized spacial score (nSPS) is 4.80. The van der Waals surface area contributed by atoms with E-state index in [9.17, 15) is 5.71 Å². The van der Waals surface area contributed by atoms with Gasteiger partial charge in [-0.25, -0.2) is 0 Å². The van der Waals surface area contributed by atoms with Crippen molar-refractivity contribution in [1.82, 2.24) is 0 Å². The molecule has 0 heterocycles. The molecule has 5 heavy (non-hydrogen) atoms. The van der Waals surface area contributed by atoms with Gasteiger partial charge in [0.2, 0.25) is 0 Å². The molecule has 0 bridgehead atoms. The molecule has 0 fully saturated rings. The fraction of sp³-hybridized carbons (Fsp3) is 0. The van der Waals surface area contributed by atoms with Gasteiger partial charge in [0.15, 0.2) is 0 Å². The van der Waals surface area contributed by atoms with E-state index >= 15 is 0 Å². The molecule has 0 atom stereocenters. The van der Waals surface area contributed by atoms with Gasteiger partial charge in [-0.15, -0.1) is 0 Å². The second-order valence-electron chi connectivity index (χ2n) is 0.329. The van der Waals surface area contributed by atoms with Crippen molar-refractivity contribution in [1.29, 1.82) is 0 Å². The molecule has 0 amide bonds. The number of rotatable bonds is 2. The summed E-state index contributed by atoms with van der Waals surface area (Å²) in [6, 6.07) is 0. The van der Waals surface area contributed by atoms with Gasteiger partial charge in [-0.05, 0) is 0 Å². The molecule has 0 aromatic carbocycles. The third-order valence-electron chi connectivity index (χ3n) is 0.111. The molecular formula is O3Sc2. The predicted octanol–water partition coefficient (Wildman–Crippen LogP) is -0.311. The van der Waals surface area contributed by atoms with E-state index in [-0.39, 0.29) is 0 Å². The van der Waals surface area contributed by atoms with Gasteiger partial charge >= 0.3 is 53.4 Å². The standard InChI is InChI=1S/3O.2Sc. The summed E-state index contributed by atoms with van der Waals surface area (Å²) >= 11 is -3.39. The van der Waals surface area contributed by atoms with Crippen LogP contribution in [0.1, 0.15) is 0 Å². The summed E-state index contributed by atoms with van der Waals surface area (Å²) in [5.41, 5.74) is 0. The average molecular weight is 138 g/mol. The van der Waals surface area contributed by atoms with Crippen LogP contribution in [0.4, 0.5) is 0 Å². The van der Waals surface area contributed by atoms with E-state index in [1.165, 1.54) is 0 Å². The molecule has 0 N–H and O–H groups in total. The van der Waals surface area contributed by atoms with Crippen molar-refractivity contribution in [2.45, 2.75) is 0 Å². The first-order chi connectivity index (χ1) is 2.41. The van der Waals surface area contributed by atoms with Crippen molar-refractivity contribution in [2.75, 3.05) is 0 Å². The van der Waals surface area contributed by atoms with E-state index in [0.29, 0.717) is 0 Å². The Balaban J connectivity index is 2.65. The minimum atomic E-state index is -1.70. The van der Waals surface area contributed by atoms with Crippen molar-refractivity contribution >= 4 is 0 Å². The second-order valence-corrected chi connectivity index (χ2v) is 3.11. The Labute approximate surface area is 52.9 Å². The molecule has 0 saturated carbocycles. The SMILES string of the molecule is [O]=[Sc][O][Sc]=[O]. The molecule has 0 aromatic rings. The molecule has 0 aromatic heterocycles. The monoisotopic (exact) mass is 138 g/mol. The minimum absolute atomic E-state index is 1.70. The first-order valence-electron chi connectivity index (χ1n) is 0.943. The van der Waals surface area contributed by atoms with Gasteiger partial charge in [-0.3, -0.25) is 0 Å². The van der Waals surface area contributed by atoms with E-state index in [1.54, 1.807) is 0 Å². The van der Waals surface area contributed by atoms with Crippen molar-refractivity contribution in [3.8, 4) is 0 Å². The Morgan fingerprint density at radius 2 is 1.60 bits per heavy atom. The fourth-order valence-corrected chi connectivity index (χ4v) is 0.386. The zero-order chi connectivity index (χ0) is 4.12. The maximum atomic E-state index is 9.30. The van der Waals surface area contributed by atoms with Gasteiger partial charge in [0.1, 0.15) is 0 Å². The Kier molecular flexibility index (Phi) is 6.68. The molecular weight excluding hydrogens is 138 g/mol. The van der Waals surface area contributed by atoms with Crippen LogP contribution in [-0.4, -0.2) is 0 Å². The maximum absolute atomic E-state index is 9.30. The van der Waals surface area contributed by atoms with Gasteiger partial charge in [-0.2, -0.15) is 0 Å². The summed E-state index contributed by atoms with van der Waals surface area (Å²) in [6.45, 7) is 0. The van der Waals surface area contributed by atoms with Crippen LogP contribution in [0.25, 0.3) is 0 Å². The van der Waals surface area contributed by atoms with Crippen molar-refractivity contribution in [3.05, 3.63) is 0 Å². The van der Waals surface area contributed by atoms with E-state index in [1.807, 2.05) is 0 Å². The van der Waals surface area contributed by atoms with Crippen LogP contribution in [0.15, 0.2) is 0 Å². The quantitative estimate of drug-likeness (QED) is 0.525. The van der Waals surface area contributed by atoms with Crippen LogP contribution in [-0.2, 0) is 53.4 Å². The van der Waals surface area contributed by atoms with Crippen molar-refractivity contribution in [2.24, 2.45) is 0 Å². The molecule has 0 spiro atoms. The summed E-state index contributed by atoms with van der Waals surface area (Å²) in [5, 5.41) is 0. The van der Waals surface area contributed by atoms with E-state index < -0.39 is 46.7 Å². The van der Waals surface area contributed by atoms with Gasteiger partial charge in [0, 0.05) is 0 Å². The fourth-order valence-electron chi connectivity index (χ4n) is 0.0227. The first-order valence-corrected chi connectivity index (χ1v) is 3.89. The van der Waals surface area contributed by atoms with Crippen molar-refractivity contribution in [3.63, 3.8) is 0 Å². The topological polar surface area (TPSA) is 43.4 Å². The molecule has 0 saturated heterocycles. The summed E-state index contributed by atoms with van der Waals surface area (Å²) in [4.78, 5) is 0. The molecule has 5 heteroatoms. The third kappa shape index (κ3) is 5.30. The van der Waals surface area contributed by atoms with Crippen LogP contribution < -0.4 is 0 Å². The molecule has 3 nitrogen and oxygen atoms in total. The summed E-state index contributed by atoms with van der Waals surface area (Å²) < 4.78 is 22.6. The second kappa shape index (κ2) is 5.30. The van der Waals surface area contributed by atoms with Gasteiger partial charge in [0.05, 0.1) is 0 Å². The van der Waals surface area contributed by atoms with Crippen LogP contribution in [0.3, 0.4) is 0 Å². The third-order valence-corrected chi connectivity index (χ3v) is 1.89. The van der Waals surface area contributed by atoms with Crippen LogP contribution in [0, 0.1) is 0 Å². The Hall–Kier alpha value is 1.30. The van der Waals surface area contributed by atoms with Crippen LogP contribution in [0.5, 0.6) is 0 Å². The molecule has 24 valence electrons. The van der Waals surface area contributed by atoms with Gasteiger partial charge in [-0.1, -0.05) is 0 Å². The summed E-state index contributed by atoms with van der Waals surface area (Å²) in [6.07, 6.45) is 0. The van der Waals surface area contributed by atoms with Crippen molar-refractivity contribution < 1.29 is 53.4 Å². The molecule has 0 unspecified atom stereocenters.